The number of fused-ring (bicyclic) bond motifs is 1. The van der Waals surface area contributed by atoms with Crippen molar-refractivity contribution in [2.24, 2.45) is 0 Å². The predicted octanol–water partition coefficient (Wildman–Crippen LogP) is 3.79. The van der Waals surface area contributed by atoms with Crippen LogP contribution in [0, 0.1) is 3.57 Å². The van der Waals surface area contributed by atoms with Crippen molar-refractivity contribution in [3.8, 4) is 0 Å². The van der Waals surface area contributed by atoms with Gasteiger partial charge in [0.05, 0.1) is 5.56 Å². The van der Waals surface area contributed by atoms with Crippen molar-refractivity contribution >= 4 is 33.5 Å². The van der Waals surface area contributed by atoms with Crippen LogP contribution in [0.15, 0.2) is 24.4 Å². The third-order valence-corrected chi connectivity index (χ3v) is 2.56. The minimum Gasteiger partial charge on any atom is -0.361 e. The molecule has 0 amide bonds. The van der Waals surface area contributed by atoms with E-state index in [0.29, 0.717) is 9.09 Å². The van der Waals surface area contributed by atoms with Gasteiger partial charge in [-0.1, -0.05) is 0 Å². The predicted molar refractivity (Wildman–Crippen MR) is 56.0 cm³/mol. The normalized spacial score (nSPS) is 12.3. The number of aromatic amines is 1. The maximum atomic E-state index is 12.6. The van der Waals surface area contributed by atoms with Crippen LogP contribution in [0.3, 0.4) is 0 Å². The first-order valence-electron chi connectivity index (χ1n) is 3.82. The van der Waals surface area contributed by atoms with Gasteiger partial charge < -0.3 is 4.98 Å². The summed E-state index contributed by atoms with van der Waals surface area (Å²) in [6.45, 7) is 0. The number of H-pyrrole nitrogens is 1. The third-order valence-electron chi connectivity index (χ3n) is 1.94. The van der Waals surface area contributed by atoms with Crippen LogP contribution in [0.25, 0.3) is 10.9 Å². The molecule has 74 valence electrons. The number of hydrogen-bond acceptors (Lipinski definition) is 0. The molecule has 0 radical (unpaired) electrons. The first-order chi connectivity index (χ1) is 6.48. The van der Waals surface area contributed by atoms with Crippen LogP contribution in [0.5, 0.6) is 0 Å². The van der Waals surface area contributed by atoms with Gasteiger partial charge in [0.2, 0.25) is 0 Å². The van der Waals surface area contributed by atoms with Crippen molar-refractivity contribution in [2.75, 3.05) is 0 Å². The second-order valence-corrected chi connectivity index (χ2v) is 4.14. The van der Waals surface area contributed by atoms with Crippen molar-refractivity contribution in [1.82, 2.24) is 4.98 Å². The quantitative estimate of drug-likeness (QED) is 0.713. The maximum absolute atomic E-state index is 12.6. The molecule has 1 heterocycles. The third kappa shape index (κ3) is 1.60. The average molecular weight is 311 g/mol. The second kappa shape index (κ2) is 3.15. The summed E-state index contributed by atoms with van der Waals surface area (Å²) in [5.41, 5.74) is -0.0649. The fourth-order valence-corrected chi connectivity index (χ4v) is 1.99. The molecule has 0 bridgehead atoms. The first-order valence-corrected chi connectivity index (χ1v) is 4.90. The number of halogens is 4. The lowest BCUT2D eigenvalue weighted by atomic mass is 10.1. The highest BCUT2D eigenvalue weighted by molar-refractivity contribution is 14.1. The van der Waals surface area contributed by atoms with E-state index in [1.807, 2.05) is 22.6 Å². The zero-order valence-corrected chi connectivity index (χ0v) is 8.98. The van der Waals surface area contributed by atoms with Gasteiger partial charge in [0, 0.05) is 20.7 Å². The smallest absolute Gasteiger partial charge is 0.361 e. The lowest BCUT2D eigenvalue weighted by Crippen LogP contribution is -2.05. The molecular weight excluding hydrogens is 306 g/mol. The second-order valence-electron chi connectivity index (χ2n) is 2.89. The highest BCUT2D eigenvalue weighted by Gasteiger charge is 2.32. The molecule has 1 aromatic heterocycles. The monoisotopic (exact) mass is 311 g/mol. The molecule has 5 heteroatoms. The van der Waals surface area contributed by atoms with Crippen LogP contribution < -0.4 is 0 Å². The van der Waals surface area contributed by atoms with E-state index < -0.39 is 11.7 Å². The average Bonchev–Trinajstić information content (AvgIpc) is 2.47. The Hall–Kier alpha value is -0.720. The van der Waals surface area contributed by atoms with E-state index in [1.165, 1.54) is 12.3 Å². The Kier molecular flexibility index (Phi) is 2.21. The molecule has 2 rings (SSSR count). The first kappa shape index (κ1) is 9.82. The van der Waals surface area contributed by atoms with Gasteiger partial charge in [0.25, 0.3) is 0 Å². The molecule has 0 aliphatic rings. The molecule has 0 spiro atoms. The molecular formula is C9H5F3IN. The Morgan fingerprint density at radius 1 is 1.21 bits per heavy atom. The standard InChI is InChI=1S/C9H5F3IN/c10-9(11,12)7-3-5(13)4-8-6(7)1-2-14-8/h1-4,14H. The van der Waals surface area contributed by atoms with E-state index in [4.69, 9.17) is 0 Å². The number of nitrogens with one attached hydrogen (secondary N) is 1. The molecule has 14 heavy (non-hydrogen) atoms. The van der Waals surface area contributed by atoms with Gasteiger partial charge in [-0.25, -0.2) is 0 Å². The van der Waals surface area contributed by atoms with Crippen LogP contribution in [0.2, 0.25) is 0 Å². The van der Waals surface area contributed by atoms with E-state index in [1.54, 1.807) is 6.07 Å². The van der Waals surface area contributed by atoms with E-state index in [2.05, 4.69) is 4.98 Å². The molecule has 0 aliphatic heterocycles. The van der Waals surface area contributed by atoms with Crippen LogP contribution >= 0.6 is 22.6 Å². The van der Waals surface area contributed by atoms with Crippen molar-refractivity contribution < 1.29 is 13.2 Å². The van der Waals surface area contributed by atoms with E-state index in [0.717, 1.165) is 6.07 Å². The number of rotatable bonds is 0. The largest absolute Gasteiger partial charge is 0.417 e. The summed E-state index contributed by atoms with van der Waals surface area (Å²) in [4.78, 5) is 2.77. The molecule has 2 aromatic rings. The number of benzene rings is 1. The molecule has 0 saturated carbocycles. The summed E-state index contributed by atoms with van der Waals surface area (Å²) < 4.78 is 38.2. The van der Waals surface area contributed by atoms with Gasteiger partial charge in [-0.05, 0) is 40.8 Å². The Balaban J connectivity index is 2.80. The molecule has 0 unspecified atom stereocenters. The fourth-order valence-electron chi connectivity index (χ4n) is 1.37. The van der Waals surface area contributed by atoms with Crippen LogP contribution in [-0.4, -0.2) is 4.98 Å². The summed E-state index contributed by atoms with van der Waals surface area (Å²) in [6, 6.07) is 4.27. The Bertz CT molecular complexity index is 472. The maximum Gasteiger partial charge on any atom is 0.417 e. The molecule has 0 atom stereocenters. The molecule has 0 fully saturated rings. The van der Waals surface area contributed by atoms with Crippen LogP contribution in [-0.2, 0) is 6.18 Å². The summed E-state index contributed by atoms with van der Waals surface area (Å²) in [7, 11) is 0. The number of hydrogen-bond donors (Lipinski definition) is 1. The molecule has 1 nitrogen and oxygen atoms in total. The highest BCUT2D eigenvalue weighted by Crippen LogP contribution is 2.35. The lowest BCUT2D eigenvalue weighted by Gasteiger charge is -2.08. The fraction of sp³-hybridized carbons (Fsp3) is 0.111. The molecule has 1 aromatic carbocycles. The number of aromatic nitrogens is 1. The van der Waals surface area contributed by atoms with Gasteiger partial charge in [-0.2, -0.15) is 13.2 Å². The van der Waals surface area contributed by atoms with Crippen LogP contribution in [0.1, 0.15) is 5.56 Å². The van der Waals surface area contributed by atoms with Gasteiger partial charge in [0.15, 0.2) is 0 Å². The zero-order chi connectivity index (χ0) is 10.3. The molecule has 0 aliphatic carbocycles. The SMILES string of the molecule is FC(F)(F)c1cc(I)cc2[nH]ccc12. The summed E-state index contributed by atoms with van der Waals surface area (Å²) in [5, 5.41) is 0.220. The lowest BCUT2D eigenvalue weighted by molar-refractivity contribution is -0.136. The van der Waals surface area contributed by atoms with Gasteiger partial charge >= 0.3 is 6.18 Å². The number of alkyl halides is 3. The van der Waals surface area contributed by atoms with Crippen molar-refractivity contribution in [1.29, 1.82) is 0 Å². The molecule has 1 N–H and O–H groups in total. The van der Waals surface area contributed by atoms with E-state index in [-0.39, 0.29) is 5.39 Å². The highest BCUT2D eigenvalue weighted by atomic mass is 127. The Labute approximate surface area is 91.4 Å². The zero-order valence-electron chi connectivity index (χ0n) is 6.82. The summed E-state index contributed by atoms with van der Waals surface area (Å²) in [5.74, 6) is 0. The van der Waals surface area contributed by atoms with E-state index >= 15 is 0 Å². The minimum atomic E-state index is -4.29. The van der Waals surface area contributed by atoms with Crippen LogP contribution in [0.4, 0.5) is 13.2 Å². The topological polar surface area (TPSA) is 15.8 Å². The van der Waals surface area contributed by atoms with E-state index in [9.17, 15) is 13.2 Å². The van der Waals surface area contributed by atoms with Crippen molar-refractivity contribution in [3.63, 3.8) is 0 Å². The summed E-state index contributed by atoms with van der Waals surface area (Å²) >= 11 is 1.87. The van der Waals surface area contributed by atoms with Gasteiger partial charge in [0.1, 0.15) is 0 Å². The van der Waals surface area contributed by atoms with Crippen molar-refractivity contribution in [3.05, 3.63) is 33.5 Å². The molecule has 0 saturated heterocycles. The van der Waals surface area contributed by atoms with Gasteiger partial charge in [-0.15, -0.1) is 0 Å². The Morgan fingerprint density at radius 3 is 2.57 bits per heavy atom. The van der Waals surface area contributed by atoms with Gasteiger partial charge in [-0.3, -0.25) is 0 Å². The van der Waals surface area contributed by atoms with Crippen molar-refractivity contribution in [2.45, 2.75) is 6.18 Å². The Morgan fingerprint density at radius 2 is 1.93 bits per heavy atom. The summed E-state index contributed by atoms with van der Waals surface area (Å²) in [6.07, 6.45) is -2.78. The minimum absolute atomic E-state index is 0.220.